The first-order valence-electron chi connectivity index (χ1n) is 10.0. The zero-order valence-electron chi connectivity index (χ0n) is 15.2. The number of amides is 1. The summed E-state index contributed by atoms with van der Waals surface area (Å²) in [5, 5.41) is 0. The van der Waals surface area contributed by atoms with Gasteiger partial charge in [-0.15, -0.1) is 0 Å². The molecule has 4 heteroatoms. The SMILES string of the molecule is O=C(CC1CCOc2ccccc21)N1CCCC(N2CCCCC2)C1. The van der Waals surface area contributed by atoms with E-state index in [0.717, 1.165) is 38.3 Å². The second kappa shape index (κ2) is 7.77. The third-order valence-electron chi connectivity index (χ3n) is 6.16. The Hall–Kier alpha value is -1.55. The molecular weight excluding hydrogens is 312 g/mol. The Balaban J connectivity index is 1.38. The van der Waals surface area contributed by atoms with Crippen LogP contribution in [0.15, 0.2) is 24.3 Å². The van der Waals surface area contributed by atoms with Crippen LogP contribution in [0.1, 0.15) is 56.4 Å². The fourth-order valence-corrected chi connectivity index (χ4v) is 4.73. The van der Waals surface area contributed by atoms with E-state index in [-0.39, 0.29) is 0 Å². The van der Waals surface area contributed by atoms with E-state index in [4.69, 9.17) is 4.74 Å². The van der Waals surface area contributed by atoms with Gasteiger partial charge in [-0.3, -0.25) is 9.69 Å². The molecule has 0 radical (unpaired) electrons. The van der Waals surface area contributed by atoms with E-state index in [2.05, 4.69) is 21.9 Å². The van der Waals surface area contributed by atoms with Gasteiger partial charge in [-0.05, 0) is 62.7 Å². The fourth-order valence-electron chi connectivity index (χ4n) is 4.73. The number of benzene rings is 1. The predicted molar refractivity (Wildman–Crippen MR) is 98.9 cm³/mol. The molecular formula is C21H30N2O2. The van der Waals surface area contributed by atoms with Crippen LogP contribution in [0.4, 0.5) is 0 Å². The fraction of sp³-hybridized carbons (Fsp3) is 0.667. The van der Waals surface area contributed by atoms with E-state index in [1.54, 1.807) is 0 Å². The van der Waals surface area contributed by atoms with Crippen LogP contribution in [-0.2, 0) is 4.79 Å². The van der Waals surface area contributed by atoms with Crippen molar-refractivity contribution in [1.29, 1.82) is 0 Å². The molecule has 2 atom stereocenters. The average molecular weight is 342 g/mol. The van der Waals surface area contributed by atoms with E-state index in [1.165, 1.54) is 44.3 Å². The second-order valence-electron chi connectivity index (χ2n) is 7.81. The van der Waals surface area contributed by atoms with E-state index >= 15 is 0 Å². The third-order valence-corrected chi connectivity index (χ3v) is 6.16. The summed E-state index contributed by atoms with van der Waals surface area (Å²) in [5.74, 6) is 1.62. The average Bonchev–Trinajstić information content (AvgIpc) is 2.69. The van der Waals surface area contributed by atoms with Gasteiger partial charge in [0.1, 0.15) is 5.75 Å². The molecule has 25 heavy (non-hydrogen) atoms. The minimum atomic E-state index is 0.313. The van der Waals surface area contributed by atoms with E-state index in [0.29, 0.717) is 24.3 Å². The van der Waals surface area contributed by atoms with E-state index in [9.17, 15) is 4.79 Å². The molecule has 4 rings (SSSR count). The van der Waals surface area contributed by atoms with Crippen molar-refractivity contribution < 1.29 is 9.53 Å². The molecule has 3 aliphatic rings. The van der Waals surface area contributed by atoms with Crippen molar-refractivity contribution in [3.05, 3.63) is 29.8 Å². The number of likely N-dealkylation sites (tertiary alicyclic amines) is 2. The number of hydrogen-bond acceptors (Lipinski definition) is 3. The zero-order chi connectivity index (χ0) is 17.1. The summed E-state index contributed by atoms with van der Waals surface area (Å²) in [6.45, 7) is 5.04. The number of nitrogens with zero attached hydrogens (tertiary/aromatic N) is 2. The number of ether oxygens (including phenoxy) is 1. The van der Waals surface area contributed by atoms with Crippen LogP contribution in [0.5, 0.6) is 5.75 Å². The number of fused-ring (bicyclic) bond motifs is 1. The first-order valence-corrected chi connectivity index (χ1v) is 10.0. The van der Waals surface area contributed by atoms with Crippen LogP contribution in [0.3, 0.4) is 0 Å². The zero-order valence-corrected chi connectivity index (χ0v) is 15.2. The van der Waals surface area contributed by atoms with Crippen LogP contribution in [-0.4, -0.2) is 54.5 Å². The summed E-state index contributed by atoms with van der Waals surface area (Å²) in [4.78, 5) is 17.7. The van der Waals surface area contributed by atoms with Crippen molar-refractivity contribution in [2.75, 3.05) is 32.8 Å². The van der Waals surface area contributed by atoms with E-state index in [1.807, 2.05) is 12.1 Å². The van der Waals surface area contributed by atoms with Gasteiger partial charge in [0.25, 0.3) is 0 Å². The van der Waals surface area contributed by atoms with Gasteiger partial charge in [0.2, 0.25) is 5.91 Å². The molecule has 136 valence electrons. The number of piperidine rings is 2. The monoisotopic (exact) mass is 342 g/mol. The molecule has 1 aromatic carbocycles. The van der Waals surface area contributed by atoms with Crippen LogP contribution in [0, 0.1) is 0 Å². The van der Waals surface area contributed by atoms with Gasteiger partial charge in [0, 0.05) is 25.6 Å². The first kappa shape index (κ1) is 16.9. The summed E-state index contributed by atoms with van der Waals surface area (Å²) in [6, 6.07) is 8.80. The molecule has 0 bridgehead atoms. The van der Waals surface area contributed by atoms with Gasteiger partial charge in [-0.1, -0.05) is 24.6 Å². The van der Waals surface area contributed by atoms with Crippen molar-refractivity contribution in [2.24, 2.45) is 0 Å². The highest BCUT2D eigenvalue weighted by Gasteiger charge is 2.31. The first-order chi connectivity index (χ1) is 12.3. The summed E-state index contributed by atoms with van der Waals surface area (Å²) >= 11 is 0. The predicted octanol–water partition coefficient (Wildman–Crippen LogP) is 3.42. The number of carbonyl (C=O) groups is 1. The smallest absolute Gasteiger partial charge is 0.223 e. The van der Waals surface area contributed by atoms with Crippen molar-refractivity contribution in [3.8, 4) is 5.75 Å². The standard InChI is InChI=1S/C21H30N2O2/c24-21(15-17-10-14-25-20-9-3-2-8-19(17)20)23-13-6-7-18(16-23)22-11-4-1-5-12-22/h2-3,8-9,17-18H,1,4-7,10-16H2. The minimum absolute atomic E-state index is 0.313. The largest absolute Gasteiger partial charge is 0.493 e. The molecule has 3 aliphatic heterocycles. The Labute approximate surface area is 151 Å². The summed E-state index contributed by atoms with van der Waals surface area (Å²) in [7, 11) is 0. The Kier molecular flexibility index (Phi) is 5.25. The molecule has 0 N–H and O–H groups in total. The Morgan fingerprint density at radius 3 is 2.76 bits per heavy atom. The lowest BCUT2D eigenvalue weighted by Crippen LogP contribution is -2.51. The molecule has 2 unspecified atom stereocenters. The Morgan fingerprint density at radius 1 is 1.04 bits per heavy atom. The molecule has 2 fully saturated rings. The summed E-state index contributed by atoms with van der Waals surface area (Å²) in [6.07, 6.45) is 8.00. The van der Waals surface area contributed by atoms with Crippen molar-refractivity contribution in [2.45, 2.75) is 56.9 Å². The quantitative estimate of drug-likeness (QED) is 0.844. The van der Waals surface area contributed by atoms with Crippen molar-refractivity contribution in [3.63, 3.8) is 0 Å². The van der Waals surface area contributed by atoms with Gasteiger partial charge in [0.05, 0.1) is 6.61 Å². The van der Waals surface area contributed by atoms with Crippen LogP contribution in [0.25, 0.3) is 0 Å². The van der Waals surface area contributed by atoms with Crippen LogP contribution in [0.2, 0.25) is 0 Å². The van der Waals surface area contributed by atoms with Crippen molar-refractivity contribution in [1.82, 2.24) is 9.80 Å². The lowest BCUT2D eigenvalue weighted by molar-refractivity contribution is -0.134. The van der Waals surface area contributed by atoms with Crippen molar-refractivity contribution >= 4 is 5.91 Å². The number of rotatable bonds is 3. The maximum absolute atomic E-state index is 13.0. The maximum Gasteiger partial charge on any atom is 0.223 e. The Morgan fingerprint density at radius 2 is 1.88 bits per heavy atom. The normalized spacial score (nSPS) is 27.4. The number of para-hydroxylation sites is 1. The minimum Gasteiger partial charge on any atom is -0.493 e. The van der Waals surface area contributed by atoms with Crippen LogP contribution >= 0.6 is 0 Å². The van der Waals surface area contributed by atoms with Gasteiger partial charge in [0.15, 0.2) is 0 Å². The molecule has 0 spiro atoms. The van der Waals surface area contributed by atoms with Gasteiger partial charge in [-0.25, -0.2) is 0 Å². The number of hydrogen-bond donors (Lipinski definition) is 0. The molecule has 1 amide bonds. The highest BCUT2D eigenvalue weighted by Crippen LogP contribution is 2.36. The van der Waals surface area contributed by atoms with Gasteiger partial charge < -0.3 is 9.64 Å². The van der Waals surface area contributed by atoms with Crippen LogP contribution < -0.4 is 4.74 Å². The summed E-state index contributed by atoms with van der Waals surface area (Å²) in [5.41, 5.74) is 1.21. The second-order valence-corrected chi connectivity index (χ2v) is 7.81. The Bertz CT molecular complexity index is 597. The lowest BCUT2D eigenvalue weighted by Gasteiger charge is -2.41. The summed E-state index contributed by atoms with van der Waals surface area (Å²) < 4.78 is 5.75. The van der Waals surface area contributed by atoms with Gasteiger partial charge in [-0.2, -0.15) is 0 Å². The third kappa shape index (κ3) is 3.84. The molecule has 1 aromatic rings. The topological polar surface area (TPSA) is 32.8 Å². The maximum atomic E-state index is 13.0. The molecule has 0 saturated carbocycles. The van der Waals surface area contributed by atoms with Gasteiger partial charge >= 0.3 is 0 Å². The molecule has 0 aromatic heterocycles. The molecule has 4 nitrogen and oxygen atoms in total. The lowest BCUT2D eigenvalue weighted by atomic mass is 9.89. The highest BCUT2D eigenvalue weighted by atomic mass is 16.5. The van der Waals surface area contributed by atoms with E-state index < -0.39 is 0 Å². The molecule has 3 heterocycles. The highest BCUT2D eigenvalue weighted by molar-refractivity contribution is 5.77. The molecule has 0 aliphatic carbocycles. The number of carbonyl (C=O) groups excluding carboxylic acids is 1. The molecule has 2 saturated heterocycles.